The Balaban J connectivity index is 0.00000729. The van der Waals surface area contributed by atoms with E-state index in [1.807, 2.05) is 39.0 Å². The maximum Gasteiger partial charge on any atom is 0.481 e. The fourth-order valence-electron chi connectivity index (χ4n) is 1.98. The van der Waals surface area contributed by atoms with Gasteiger partial charge in [0.2, 0.25) is 0 Å². The van der Waals surface area contributed by atoms with Crippen molar-refractivity contribution in [2.75, 3.05) is 13.2 Å². The van der Waals surface area contributed by atoms with Crippen molar-refractivity contribution in [2.45, 2.75) is 33.6 Å². The molecule has 0 saturated carbocycles. The van der Waals surface area contributed by atoms with E-state index in [4.69, 9.17) is 19.4 Å². The Morgan fingerprint density at radius 2 is 1.82 bits per heavy atom. The van der Waals surface area contributed by atoms with Crippen molar-refractivity contribution < 1.29 is 70.1 Å². The SMILES string of the molecule is C/C(=C\COP(=O)(O)OP(=O)(O)O)CC/C=C(\C)COc1c[c-]cc(C)c1.[Y]. The van der Waals surface area contributed by atoms with Gasteiger partial charge in [-0.05, 0) is 32.3 Å². The smallest absolute Gasteiger partial charge is 0.481 e. The van der Waals surface area contributed by atoms with E-state index in [-0.39, 0.29) is 39.3 Å². The number of hydrogen-bond donors (Lipinski definition) is 3. The first-order valence-corrected chi connectivity index (χ1v) is 11.2. The number of ether oxygens (including phenoxy) is 1. The number of hydrogen-bond acceptors (Lipinski definition) is 5. The van der Waals surface area contributed by atoms with Crippen LogP contribution in [0.15, 0.2) is 41.5 Å². The van der Waals surface area contributed by atoms with Crippen molar-refractivity contribution in [1.29, 1.82) is 0 Å². The second kappa shape index (κ2) is 13.2. The molecule has 0 aliphatic carbocycles. The summed E-state index contributed by atoms with van der Waals surface area (Å²) in [6, 6.07) is 8.60. The van der Waals surface area contributed by atoms with Crippen LogP contribution in [0.3, 0.4) is 0 Å². The van der Waals surface area contributed by atoms with Crippen LogP contribution >= 0.6 is 15.6 Å². The second-order valence-electron chi connectivity index (χ2n) is 6.01. The third kappa shape index (κ3) is 13.9. The molecule has 1 atom stereocenters. The molecule has 8 nitrogen and oxygen atoms in total. The van der Waals surface area contributed by atoms with Crippen LogP contribution in [-0.2, 0) is 50.7 Å². The monoisotopic (exact) mass is 508 g/mol. The van der Waals surface area contributed by atoms with E-state index < -0.39 is 15.6 Å². The first-order chi connectivity index (χ1) is 12.5. The molecule has 1 unspecified atom stereocenters. The molecule has 0 aliphatic heterocycles. The predicted octanol–water partition coefficient (Wildman–Crippen LogP) is 4.07. The summed E-state index contributed by atoms with van der Waals surface area (Å²) in [6.07, 6.45) is 5.01. The largest absolute Gasteiger partial charge is 0.547 e. The van der Waals surface area contributed by atoms with Gasteiger partial charge in [0.05, 0.1) is 13.2 Å². The van der Waals surface area contributed by atoms with Gasteiger partial charge in [0.1, 0.15) is 0 Å². The van der Waals surface area contributed by atoms with Gasteiger partial charge in [-0.2, -0.15) is 22.0 Å². The minimum atomic E-state index is -5.09. The summed E-state index contributed by atoms with van der Waals surface area (Å²) in [4.78, 5) is 26.2. The normalized spacial score (nSPS) is 14.9. The fraction of sp³-hybridized carbons (Fsp3) is 0.412. The Hall–Kier alpha value is -0.136. The molecule has 1 aromatic carbocycles. The molecule has 3 N–H and O–H groups in total. The fourth-order valence-corrected chi connectivity index (χ4v) is 3.51. The molecule has 1 radical (unpaired) electrons. The predicted molar refractivity (Wildman–Crippen MR) is 101 cm³/mol. The van der Waals surface area contributed by atoms with Gasteiger partial charge in [0.25, 0.3) is 0 Å². The van der Waals surface area contributed by atoms with E-state index >= 15 is 0 Å². The number of benzene rings is 1. The van der Waals surface area contributed by atoms with Crippen LogP contribution in [0, 0.1) is 13.0 Å². The molecule has 0 bridgehead atoms. The average Bonchev–Trinajstić information content (AvgIpc) is 2.50. The molecule has 0 aromatic heterocycles. The van der Waals surface area contributed by atoms with Crippen molar-refractivity contribution in [3.05, 3.63) is 53.1 Å². The summed E-state index contributed by atoms with van der Waals surface area (Å²) in [5.74, 6) is 0.766. The van der Waals surface area contributed by atoms with Gasteiger partial charge in [-0.15, -0.1) is 12.1 Å². The van der Waals surface area contributed by atoms with Crippen molar-refractivity contribution in [3.8, 4) is 5.75 Å². The van der Waals surface area contributed by atoms with Gasteiger partial charge >= 0.3 is 15.6 Å². The summed E-state index contributed by atoms with van der Waals surface area (Å²) in [6.45, 7) is 5.92. The van der Waals surface area contributed by atoms with Crippen LogP contribution in [0.1, 0.15) is 32.3 Å². The van der Waals surface area contributed by atoms with Gasteiger partial charge in [0, 0.05) is 38.5 Å². The zero-order valence-electron chi connectivity index (χ0n) is 16.1. The third-order valence-corrected chi connectivity index (χ3v) is 5.44. The summed E-state index contributed by atoms with van der Waals surface area (Å²) < 4.78 is 35.7. The molecule has 0 fully saturated rings. The van der Waals surface area contributed by atoms with Gasteiger partial charge in [-0.3, -0.25) is 4.52 Å². The zero-order chi connectivity index (χ0) is 20.5. The minimum Gasteiger partial charge on any atom is -0.547 e. The first-order valence-electron chi connectivity index (χ1n) is 8.13. The van der Waals surface area contributed by atoms with Gasteiger partial charge in [-0.1, -0.05) is 24.6 Å². The number of phosphoric ester groups is 1. The molecule has 0 spiro atoms. The van der Waals surface area contributed by atoms with Crippen LogP contribution < -0.4 is 4.74 Å². The van der Waals surface area contributed by atoms with E-state index in [2.05, 4.69) is 14.9 Å². The number of allylic oxidation sites excluding steroid dienone is 2. The first kappa shape index (κ1) is 27.9. The van der Waals surface area contributed by atoms with E-state index in [1.54, 1.807) is 12.1 Å². The molecule has 28 heavy (non-hydrogen) atoms. The second-order valence-corrected chi connectivity index (χ2v) is 8.84. The van der Waals surface area contributed by atoms with E-state index in [0.29, 0.717) is 13.0 Å². The summed E-state index contributed by atoms with van der Waals surface area (Å²) >= 11 is 0. The molecular weight excluding hydrogens is 483 g/mol. The Bertz CT molecular complexity index is 772. The van der Waals surface area contributed by atoms with Gasteiger partial charge in [0.15, 0.2) is 0 Å². The number of rotatable bonds is 11. The topological polar surface area (TPSA) is 123 Å². The van der Waals surface area contributed by atoms with Crippen LogP contribution in [0.2, 0.25) is 0 Å². The van der Waals surface area contributed by atoms with E-state index in [0.717, 1.165) is 28.9 Å². The number of phosphoric acid groups is 2. The quantitative estimate of drug-likeness (QED) is 0.232. The van der Waals surface area contributed by atoms with Crippen molar-refractivity contribution in [2.24, 2.45) is 0 Å². The molecule has 155 valence electrons. The van der Waals surface area contributed by atoms with Gasteiger partial charge < -0.3 is 19.4 Å². The zero-order valence-corrected chi connectivity index (χ0v) is 20.7. The van der Waals surface area contributed by atoms with Crippen LogP contribution in [0.4, 0.5) is 0 Å². The van der Waals surface area contributed by atoms with E-state index in [1.165, 1.54) is 0 Å². The summed E-state index contributed by atoms with van der Waals surface area (Å²) in [5, 5.41) is 0. The maximum atomic E-state index is 11.3. The summed E-state index contributed by atoms with van der Waals surface area (Å²) in [7, 11) is -9.88. The number of aryl methyl sites for hydroxylation is 1. The Kier molecular flexibility index (Phi) is 13.2. The van der Waals surface area contributed by atoms with E-state index in [9.17, 15) is 9.13 Å². The molecule has 0 heterocycles. The average molecular weight is 508 g/mol. The standard InChI is InChI=1S/C17H25O8P2.Y/c1-14(10-11-24-27(21,22)25-26(18,19)20)6-4-8-16(3)13-23-17-9-5-7-15(2)12-17;/h7-10,12H,4,6,11,13H2,1-3H3,(H,21,22)(H2,18,19,20);/q-1;/b14-10+,16-8+;. The third-order valence-electron chi connectivity index (χ3n) is 3.28. The summed E-state index contributed by atoms with van der Waals surface area (Å²) in [5.41, 5.74) is 3.04. The maximum absolute atomic E-state index is 11.3. The molecule has 11 heteroatoms. The van der Waals surface area contributed by atoms with Crippen LogP contribution in [0.25, 0.3) is 0 Å². The molecular formula is C17H25O8P2Y-. The molecule has 0 saturated heterocycles. The van der Waals surface area contributed by atoms with Gasteiger partial charge in [-0.25, -0.2) is 9.13 Å². The molecule has 0 aliphatic rings. The Labute approximate surface area is 190 Å². The Morgan fingerprint density at radius 3 is 2.43 bits per heavy atom. The molecule has 1 rings (SSSR count). The minimum absolute atomic E-state index is 0. The molecule has 1 aromatic rings. The Morgan fingerprint density at radius 1 is 1.14 bits per heavy atom. The molecule has 0 amide bonds. The van der Waals surface area contributed by atoms with Crippen molar-refractivity contribution in [3.63, 3.8) is 0 Å². The van der Waals surface area contributed by atoms with Crippen molar-refractivity contribution >= 4 is 15.6 Å². The van der Waals surface area contributed by atoms with Crippen LogP contribution in [0.5, 0.6) is 5.75 Å². The van der Waals surface area contributed by atoms with Crippen molar-refractivity contribution in [1.82, 2.24) is 0 Å². The van der Waals surface area contributed by atoms with Crippen LogP contribution in [-0.4, -0.2) is 27.9 Å².